The van der Waals surface area contributed by atoms with Gasteiger partial charge < -0.3 is 29.6 Å². The van der Waals surface area contributed by atoms with Gasteiger partial charge in [-0.3, -0.25) is 0 Å². The summed E-state index contributed by atoms with van der Waals surface area (Å²) in [5.41, 5.74) is -0.574. The van der Waals surface area contributed by atoms with Crippen molar-refractivity contribution in [1.29, 1.82) is 0 Å². The predicted molar refractivity (Wildman–Crippen MR) is 121 cm³/mol. The lowest BCUT2D eigenvalue weighted by Crippen LogP contribution is -2.44. The van der Waals surface area contributed by atoms with Gasteiger partial charge in [-0.15, -0.1) is 24.0 Å². The van der Waals surface area contributed by atoms with E-state index < -0.39 is 12.2 Å². The van der Waals surface area contributed by atoms with Gasteiger partial charge in [0.15, 0.2) is 17.5 Å². The summed E-state index contributed by atoms with van der Waals surface area (Å²) in [5.74, 6) is 1.78. The van der Waals surface area contributed by atoms with Crippen molar-refractivity contribution in [3.63, 3.8) is 0 Å². The van der Waals surface area contributed by atoms with Crippen molar-refractivity contribution in [2.75, 3.05) is 20.2 Å². The Kier molecular flexibility index (Phi) is 10.3. The molecule has 0 spiro atoms. The summed E-state index contributed by atoms with van der Waals surface area (Å²) in [6, 6.07) is 8.23. The molecule has 1 atom stereocenters. The van der Waals surface area contributed by atoms with Crippen LogP contribution in [0, 0.1) is 6.92 Å². The molecular weight excluding hydrogens is 511 g/mol. The van der Waals surface area contributed by atoms with Crippen molar-refractivity contribution < 1.29 is 27.8 Å². The zero-order chi connectivity index (χ0) is 21.4. The number of methoxy groups -OCH3 is 1. The fourth-order valence-electron chi connectivity index (χ4n) is 2.59. The number of guanidine groups is 1. The molecule has 0 aliphatic heterocycles. The molecule has 1 unspecified atom stereocenters. The van der Waals surface area contributed by atoms with Crippen molar-refractivity contribution in [2.24, 2.45) is 4.99 Å². The summed E-state index contributed by atoms with van der Waals surface area (Å²) in [5, 5.41) is 16.8. The van der Waals surface area contributed by atoms with Gasteiger partial charge in [0.1, 0.15) is 17.1 Å². The molecule has 30 heavy (non-hydrogen) atoms. The van der Waals surface area contributed by atoms with E-state index in [9.17, 15) is 13.9 Å². The molecule has 1 aromatic heterocycles. The molecule has 0 aliphatic rings. The maximum atomic E-state index is 12.6. The number of halogens is 3. The van der Waals surface area contributed by atoms with Crippen LogP contribution in [0.3, 0.4) is 0 Å². The van der Waals surface area contributed by atoms with Gasteiger partial charge in [0.25, 0.3) is 0 Å². The van der Waals surface area contributed by atoms with Gasteiger partial charge in [0.2, 0.25) is 0 Å². The van der Waals surface area contributed by atoms with Crippen LogP contribution in [-0.2, 0) is 12.1 Å². The second-order valence-electron chi connectivity index (χ2n) is 6.60. The number of hydrogen-bond donors (Lipinski definition) is 3. The summed E-state index contributed by atoms with van der Waals surface area (Å²) in [7, 11) is 1.38. The number of nitrogens with one attached hydrogen (secondary N) is 2. The van der Waals surface area contributed by atoms with Crippen molar-refractivity contribution >= 4 is 29.9 Å². The maximum Gasteiger partial charge on any atom is 0.387 e. The lowest BCUT2D eigenvalue weighted by atomic mass is 10.0. The first-order valence-electron chi connectivity index (χ1n) is 9.18. The Hall–Kier alpha value is -2.08. The minimum atomic E-state index is -2.95. The van der Waals surface area contributed by atoms with E-state index in [-0.39, 0.29) is 48.6 Å². The highest BCUT2D eigenvalue weighted by atomic mass is 127. The normalized spacial score (nSPS) is 13.4. The quantitative estimate of drug-likeness (QED) is 0.256. The third-order valence-corrected chi connectivity index (χ3v) is 4.08. The Labute approximate surface area is 191 Å². The number of rotatable bonds is 9. The minimum Gasteiger partial charge on any atom is -0.493 e. The molecule has 0 fully saturated rings. The fraction of sp³-hybridized carbons (Fsp3) is 0.450. The zero-order valence-electron chi connectivity index (χ0n) is 17.4. The van der Waals surface area contributed by atoms with Gasteiger partial charge in [0, 0.05) is 6.54 Å². The summed E-state index contributed by atoms with van der Waals surface area (Å²) in [6.45, 7) is 3.38. The topological polar surface area (TPSA) is 88.3 Å². The van der Waals surface area contributed by atoms with E-state index >= 15 is 0 Å². The van der Waals surface area contributed by atoms with Crippen molar-refractivity contribution in [3.05, 3.63) is 47.4 Å². The standard InChI is InChI=1S/C20H27F2N3O4.HI/c1-5-23-19(25-12-20(3,26)17-9-6-13(2)28-17)24-11-14-7-8-15(27-4)16(10-14)29-18(21)22;/h6-10,18,26H,5,11-12H2,1-4H3,(H2,23,24,25);1H. The fourth-order valence-corrected chi connectivity index (χ4v) is 2.59. The Morgan fingerprint density at radius 1 is 1.23 bits per heavy atom. The summed E-state index contributed by atoms with van der Waals surface area (Å²) in [6.07, 6.45) is 0. The van der Waals surface area contributed by atoms with E-state index in [1.165, 1.54) is 13.2 Å². The van der Waals surface area contributed by atoms with Crippen LogP contribution in [0.2, 0.25) is 0 Å². The third kappa shape index (κ3) is 7.63. The van der Waals surface area contributed by atoms with E-state index in [0.717, 1.165) is 0 Å². The molecule has 1 aromatic carbocycles. The number of nitrogens with zero attached hydrogens (tertiary/aromatic N) is 1. The van der Waals surface area contributed by atoms with E-state index in [2.05, 4.69) is 20.4 Å². The monoisotopic (exact) mass is 539 g/mol. The first-order chi connectivity index (χ1) is 13.7. The molecule has 0 saturated carbocycles. The lowest BCUT2D eigenvalue weighted by Gasteiger charge is -2.22. The lowest BCUT2D eigenvalue weighted by molar-refractivity contribution is -0.0512. The van der Waals surface area contributed by atoms with Crippen molar-refractivity contribution in [3.8, 4) is 11.5 Å². The number of aliphatic hydroxyl groups is 1. The van der Waals surface area contributed by atoms with E-state index in [1.54, 1.807) is 38.1 Å². The van der Waals surface area contributed by atoms with Gasteiger partial charge in [-0.1, -0.05) is 6.07 Å². The molecule has 10 heteroatoms. The molecule has 3 N–H and O–H groups in total. The molecule has 7 nitrogen and oxygen atoms in total. The van der Waals surface area contributed by atoms with Crippen LogP contribution >= 0.6 is 24.0 Å². The Balaban J connectivity index is 0.00000450. The van der Waals surface area contributed by atoms with Crippen LogP contribution in [0.15, 0.2) is 39.7 Å². The number of aliphatic imine (C=N–C) groups is 1. The molecular formula is C20H28F2IN3O4. The van der Waals surface area contributed by atoms with Crippen molar-refractivity contribution in [2.45, 2.75) is 39.5 Å². The smallest absolute Gasteiger partial charge is 0.387 e. The summed E-state index contributed by atoms with van der Waals surface area (Å²) in [4.78, 5) is 4.43. The Morgan fingerprint density at radius 3 is 2.53 bits per heavy atom. The van der Waals surface area contributed by atoms with Crippen LogP contribution in [-0.4, -0.2) is 37.9 Å². The largest absolute Gasteiger partial charge is 0.493 e. The van der Waals surface area contributed by atoms with Crippen molar-refractivity contribution in [1.82, 2.24) is 10.6 Å². The molecule has 0 radical (unpaired) electrons. The highest BCUT2D eigenvalue weighted by Crippen LogP contribution is 2.29. The van der Waals surface area contributed by atoms with Crippen LogP contribution in [0.1, 0.15) is 30.9 Å². The third-order valence-electron chi connectivity index (χ3n) is 4.08. The Morgan fingerprint density at radius 2 is 1.97 bits per heavy atom. The maximum absolute atomic E-state index is 12.6. The molecule has 2 aromatic rings. The molecule has 1 heterocycles. The van der Waals surface area contributed by atoms with Crippen LogP contribution in [0.25, 0.3) is 0 Å². The number of hydrogen-bond acceptors (Lipinski definition) is 5. The first-order valence-corrected chi connectivity index (χ1v) is 9.18. The first kappa shape index (κ1) is 26.0. The predicted octanol–water partition coefficient (Wildman–Crippen LogP) is 3.78. The van der Waals surface area contributed by atoms with Gasteiger partial charge in [-0.25, -0.2) is 4.99 Å². The van der Waals surface area contributed by atoms with Gasteiger partial charge in [-0.2, -0.15) is 8.78 Å². The molecule has 0 saturated heterocycles. The van der Waals surface area contributed by atoms with Gasteiger partial charge >= 0.3 is 6.61 Å². The zero-order valence-corrected chi connectivity index (χ0v) is 19.7. The van der Waals surface area contributed by atoms with E-state index in [1.807, 2.05) is 6.92 Å². The Bertz CT molecular complexity index is 828. The number of alkyl halides is 2. The molecule has 0 amide bonds. The number of benzene rings is 1. The average molecular weight is 539 g/mol. The van der Waals surface area contributed by atoms with Crippen LogP contribution in [0.5, 0.6) is 11.5 Å². The minimum absolute atomic E-state index is 0. The summed E-state index contributed by atoms with van der Waals surface area (Å²) >= 11 is 0. The number of furan rings is 1. The van der Waals surface area contributed by atoms with Crippen LogP contribution in [0.4, 0.5) is 8.78 Å². The number of ether oxygens (including phenoxy) is 2. The van der Waals surface area contributed by atoms with Gasteiger partial charge in [0.05, 0.1) is 20.2 Å². The van der Waals surface area contributed by atoms with Gasteiger partial charge in [-0.05, 0) is 50.6 Å². The summed E-state index contributed by atoms with van der Waals surface area (Å²) < 4.78 is 40.2. The highest BCUT2D eigenvalue weighted by molar-refractivity contribution is 14.0. The second-order valence-corrected chi connectivity index (χ2v) is 6.60. The van der Waals surface area contributed by atoms with E-state index in [4.69, 9.17) is 9.15 Å². The molecule has 0 aliphatic carbocycles. The second kappa shape index (κ2) is 11.9. The van der Waals surface area contributed by atoms with E-state index in [0.29, 0.717) is 29.6 Å². The SMILES string of the molecule is CCNC(=NCc1ccc(OC)c(OC(F)F)c1)NCC(C)(O)c1ccc(C)o1.I. The average Bonchev–Trinajstić information content (AvgIpc) is 3.11. The highest BCUT2D eigenvalue weighted by Gasteiger charge is 2.27. The molecule has 168 valence electrons. The van der Waals surface area contributed by atoms with Crippen LogP contribution < -0.4 is 20.1 Å². The molecule has 0 bridgehead atoms. The molecule has 2 rings (SSSR count). The number of aryl methyl sites for hydroxylation is 1.